The summed E-state index contributed by atoms with van der Waals surface area (Å²) in [5.41, 5.74) is 4.53. The van der Waals surface area contributed by atoms with Crippen molar-refractivity contribution in [2.24, 2.45) is 5.73 Å². The molecule has 0 saturated carbocycles. The third kappa shape index (κ3) is 3.14. The first kappa shape index (κ1) is 13.8. The molecule has 1 aromatic rings. The normalized spacial score (nSPS) is 11.9. The molecule has 3 N–H and O–H groups in total. The highest BCUT2D eigenvalue weighted by Crippen LogP contribution is 2.29. The predicted molar refractivity (Wildman–Crippen MR) is 60.6 cm³/mol. The van der Waals surface area contributed by atoms with Gasteiger partial charge in [-0.05, 0) is 13.1 Å². The van der Waals surface area contributed by atoms with Crippen molar-refractivity contribution in [3.8, 4) is 5.75 Å². The number of benzene rings is 1. The summed E-state index contributed by atoms with van der Waals surface area (Å²) >= 11 is 0. The Labute approximate surface area is 102 Å². The monoisotopic (exact) mass is 257 g/mol. The molecule has 0 bridgehead atoms. The molecule has 1 rings (SSSR count). The Morgan fingerprint density at radius 2 is 2.33 bits per heavy atom. The highest BCUT2D eigenvalue weighted by Gasteiger charge is 2.22. The summed E-state index contributed by atoms with van der Waals surface area (Å²) in [6.07, 6.45) is 0. The Bertz CT molecular complexity index is 466. The highest BCUT2D eigenvalue weighted by atomic mass is 19.1. The molecule has 0 aliphatic carbocycles. The lowest BCUT2D eigenvalue weighted by molar-refractivity contribution is -0.386. The summed E-state index contributed by atoms with van der Waals surface area (Å²) in [6, 6.07) is 2.48. The summed E-state index contributed by atoms with van der Waals surface area (Å²) in [6.45, 7) is -0.298. The minimum atomic E-state index is -0.872. The van der Waals surface area contributed by atoms with Crippen LogP contribution in [0, 0.1) is 15.9 Å². The van der Waals surface area contributed by atoms with E-state index in [1.54, 1.807) is 0 Å². The van der Waals surface area contributed by atoms with Crippen molar-refractivity contribution < 1.29 is 18.8 Å². The molecule has 7 nitrogen and oxygen atoms in total. The van der Waals surface area contributed by atoms with Gasteiger partial charge in [-0.3, -0.25) is 14.9 Å². The molecule has 0 fully saturated rings. The molecular weight excluding hydrogens is 245 g/mol. The lowest BCUT2D eigenvalue weighted by Gasteiger charge is -2.13. The number of hydrogen-bond acceptors (Lipinski definition) is 5. The van der Waals surface area contributed by atoms with Gasteiger partial charge in [0.05, 0.1) is 4.92 Å². The van der Waals surface area contributed by atoms with Crippen molar-refractivity contribution in [3.05, 3.63) is 34.1 Å². The minimum absolute atomic E-state index is 0.298. The first-order chi connectivity index (χ1) is 8.47. The fraction of sp³-hybridized carbons (Fsp3) is 0.300. The van der Waals surface area contributed by atoms with E-state index in [-0.39, 0.29) is 6.61 Å². The molecule has 0 aliphatic rings. The second kappa shape index (κ2) is 5.92. The molecular formula is C10H12FN3O4. The molecule has 8 heteroatoms. The number of rotatable bonds is 6. The number of likely N-dealkylation sites (N-methyl/N-ethyl adjacent to an activating group) is 1. The van der Waals surface area contributed by atoms with Gasteiger partial charge in [0.25, 0.3) is 0 Å². The number of nitro groups is 1. The van der Waals surface area contributed by atoms with E-state index in [0.29, 0.717) is 0 Å². The number of hydrogen-bond donors (Lipinski definition) is 2. The van der Waals surface area contributed by atoms with Crippen LogP contribution in [0.3, 0.4) is 0 Å². The Morgan fingerprint density at radius 1 is 1.67 bits per heavy atom. The van der Waals surface area contributed by atoms with Crippen LogP contribution in [0.15, 0.2) is 18.2 Å². The molecule has 0 aromatic heterocycles. The Hall–Kier alpha value is -2.22. The number of carbonyl (C=O) groups is 1. The summed E-state index contributed by atoms with van der Waals surface area (Å²) in [5.74, 6) is -2.08. The van der Waals surface area contributed by atoms with Crippen LogP contribution >= 0.6 is 0 Å². The molecule has 0 spiro atoms. The molecule has 0 radical (unpaired) electrons. The number of nitrogens with two attached hydrogens (primary N) is 1. The number of nitro benzene ring substituents is 1. The Kier molecular flexibility index (Phi) is 4.55. The fourth-order valence-corrected chi connectivity index (χ4v) is 1.26. The zero-order valence-corrected chi connectivity index (χ0v) is 9.55. The van der Waals surface area contributed by atoms with Gasteiger partial charge in [0, 0.05) is 6.07 Å². The van der Waals surface area contributed by atoms with Crippen LogP contribution in [0.5, 0.6) is 5.75 Å². The molecule has 1 amide bonds. The minimum Gasteiger partial charge on any atom is -0.483 e. The zero-order chi connectivity index (χ0) is 13.7. The molecule has 18 heavy (non-hydrogen) atoms. The van der Waals surface area contributed by atoms with E-state index in [4.69, 9.17) is 10.5 Å². The summed E-state index contributed by atoms with van der Waals surface area (Å²) in [7, 11) is 1.47. The van der Waals surface area contributed by atoms with Crippen LogP contribution < -0.4 is 15.8 Å². The number of nitrogens with zero attached hydrogens (tertiary/aromatic N) is 1. The van der Waals surface area contributed by atoms with Gasteiger partial charge in [-0.1, -0.05) is 6.07 Å². The van der Waals surface area contributed by atoms with Crippen molar-refractivity contribution in [1.29, 1.82) is 0 Å². The number of ether oxygens (including phenoxy) is 1. The molecule has 0 aliphatic heterocycles. The van der Waals surface area contributed by atoms with E-state index in [9.17, 15) is 19.3 Å². The summed E-state index contributed by atoms with van der Waals surface area (Å²) < 4.78 is 18.4. The number of carbonyl (C=O) groups excluding carboxylic acids is 1. The second-order valence-electron chi connectivity index (χ2n) is 3.40. The van der Waals surface area contributed by atoms with Crippen LogP contribution in [0.1, 0.15) is 0 Å². The second-order valence-corrected chi connectivity index (χ2v) is 3.40. The molecule has 0 saturated heterocycles. The maximum Gasteiger partial charge on any atom is 0.314 e. The summed E-state index contributed by atoms with van der Waals surface area (Å²) in [4.78, 5) is 20.8. The van der Waals surface area contributed by atoms with Crippen molar-refractivity contribution in [1.82, 2.24) is 5.32 Å². The first-order valence-electron chi connectivity index (χ1n) is 4.99. The number of primary amides is 1. The van der Waals surface area contributed by atoms with E-state index in [2.05, 4.69) is 5.32 Å². The van der Waals surface area contributed by atoms with E-state index in [1.165, 1.54) is 13.1 Å². The van der Waals surface area contributed by atoms with Crippen molar-refractivity contribution >= 4 is 11.6 Å². The van der Waals surface area contributed by atoms with Gasteiger partial charge in [-0.15, -0.1) is 0 Å². The number of halogens is 1. The van der Waals surface area contributed by atoms with E-state index in [1.807, 2.05) is 0 Å². The average molecular weight is 257 g/mol. The van der Waals surface area contributed by atoms with Gasteiger partial charge in [-0.2, -0.15) is 0 Å². The predicted octanol–water partition coefficient (Wildman–Crippen LogP) is 0.186. The largest absolute Gasteiger partial charge is 0.483 e. The van der Waals surface area contributed by atoms with Crippen LogP contribution in [-0.4, -0.2) is 30.5 Å². The van der Waals surface area contributed by atoms with Crippen molar-refractivity contribution in [3.63, 3.8) is 0 Å². The molecule has 1 aromatic carbocycles. The van der Waals surface area contributed by atoms with Crippen molar-refractivity contribution in [2.75, 3.05) is 13.7 Å². The number of nitrogens with one attached hydrogen (secondary N) is 1. The van der Waals surface area contributed by atoms with E-state index >= 15 is 0 Å². The number of para-hydroxylation sites is 1. The highest BCUT2D eigenvalue weighted by molar-refractivity contribution is 5.80. The fourth-order valence-electron chi connectivity index (χ4n) is 1.26. The first-order valence-corrected chi connectivity index (χ1v) is 4.99. The van der Waals surface area contributed by atoms with Gasteiger partial charge in [0.2, 0.25) is 11.7 Å². The molecule has 1 atom stereocenters. The molecule has 0 heterocycles. The third-order valence-corrected chi connectivity index (χ3v) is 2.23. The maximum absolute atomic E-state index is 13.4. The van der Waals surface area contributed by atoms with Gasteiger partial charge >= 0.3 is 5.69 Å². The smallest absolute Gasteiger partial charge is 0.314 e. The van der Waals surface area contributed by atoms with Gasteiger partial charge in [0.1, 0.15) is 12.6 Å². The standard InChI is InChI=1S/C10H12FN3O4/c1-13-7(10(12)15)5-18-9-6(11)3-2-4-8(9)14(16)17/h2-4,7,13H,5H2,1H3,(H2,12,15). The summed E-state index contributed by atoms with van der Waals surface area (Å²) in [5, 5.41) is 13.2. The topological polar surface area (TPSA) is 107 Å². The van der Waals surface area contributed by atoms with E-state index < -0.39 is 34.1 Å². The lowest BCUT2D eigenvalue weighted by Crippen LogP contribution is -2.43. The molecule has 1 unspecified atom stereocenters. The lowest BCUT2D eigenvalue weighted by atomic mass is 10.2. The Morgan fingerprint density at radius 3 is 2.83 bits per heavy atom. The van der Waals surface area contributed by atoms with Gasteiger partial charge < -0.3 is 15.8 Å². The van der Waals surface area contributed by atoms with Crippen LogP contribution in [0.4, 0.5) is 10.1 Å². The number of amides is 1. The van der Waals surface area contributed by atoms with Gasteiger partial charge in [0.15, 0.2) is 5.82 Å². The van der Waals surface area contributed by atoms with E-state index in [0.717, 1.165) is 12.1 Å². The van der Waals surface area contributed by atoms with Crippen LogP contribution in [0.2, 0.25) is 0 Å². The van der Waals surface area contributed by atoms with Crippen LogP contribution in [0.25, 0.3) is 0 Å². The third-order valence-electron chi connectivity index (χ3n) is 2.23. The average Bonchev–Trinajstić information content (AvgIpc) is 2.30. The Balaban J connectivity index is 2.90. The van der Waals surface area contributed by atoms with Gasteiger partial charge in [-0.25, -0.2) is 4.39 Å². The van der Waals surface area contributed by atoms with Crippen molar-refractivity contribution in [2.45, 2.75) is 6.04 Å². The maximum atomic E-state index is 13.4. The quantitative estimate of drug-likeness (QED) is 0.558. The molecule has 98 valence electrons. The zero-order valence-electron chi connectivity index (χ0n) is 9.55. The SMILES string of the molecule is CNC(COc1c(F)cccc1[N+](=O)[O-])C(N)=O. The van der Waals surface area contributed by atoms with Crippen LogP contribution in [-0.2, 0) is 4.79 Å².